The lowest BCUT2D eigenvalue weighted by atomic mass is 9.80. The summed E-state index contributed by atoms with van der Waals surface area (Å²) in [4.78, 5) is 0. The van der Waals surface area contributed by atoms with E-state index in [0.29, 0.717) is 0 Å². The fraction of sp³-hybridized carbons (Fsp3) is 1.00. The highest BCUT2D eigenvalue weighted by Crippen LogP contribution is 2.50. The minimum Gasteiger partial charge on any atom is -0.325 e. The molecular weight excluding hydrogens is 122 g/mol. The zero-order valence-corrected chi connectivity index (χ0v) is 6.77. The molecule has 1 nitrogen and oxygen atoms in total. The summed E-state index contributed by atoms with van der Waals surface area (Å²) in [6.07, 6.45) is 6.81. The summed E-state index contributed by atoms with van der Waals surface area (Å²) in [5, 5.41) is 0. The SMILES string of the molecule is CCC1(N)CC2CCC1C2. The zero-order chi connectivity index (χ0) is 7.19. The van der Waals surface area contributed by atoms with E-state index in [9.17, 15) is 0 Å². The van der Waals surface area contributed by atoms with Crippen LogP contribution in [0.3, 0.4) is 0 Å². The van der Waals surface area contributed by atoms with Crippen LogP contribution in [-0.2, 0) is 0 Å². The van der Waals surface area contributed by atoms with Crippen molar-refractivity contribution in [1.82, 2.24) is 0 Å². The maximum Gasteiger partial charge on any atom is 0.0183 e. The first kappa shape index (κ1) is 6.66. The molecule has 2 aliphatic carbocycles. The van der Waals surface area contributed by atoms with Gasteiger partial charge in [0.05, 0.1) is 0 Å². The Morgan fingerprint density at radius 2 is 2.30 bits per heavy atom. The van der Waals surface area contributed by atoms with Gasteiger partial charge >= 0.3 is 0 Å². The lowest BCUT2D eigenvalue weighted by molar-refractivity contribution is 0.263. The van der Waals surface area contributed by atoms with Gasteiger partial charge in [0.25, 0.3) is 0 Å². The zero-order valence-electron chi connectivity index (χ0n) is 6.77. The molecule has 0 aromatic carbocycles. The molecule has 0 amide bonds. The summed E-state index contributed by atoms with van der Waals surface area (Å²) in [7, 11) is 0. The van der Waals surface area contributed by atoms with Crippen LogP contribution in [0.25, 0.3) is 0 Å². The van der Waals surface area contributed by atoms with E-state index in [1.165, 1.54) is 32.1 Å². The molecule has 0 saturated heterocycles. The third-order valence-electron chi connectivity index (χ3n) is 3.68. The molecule has 2 saturated carbocycles. The molecule has 2 N–H and O–H groups in total. The van der Waals surface area contributed by atoms with Crippen molar-refractivity contribution in [2.45, 2.75) is 44.6 Å². The summed E-state index contributed by atoms with van der Waals surface area (Å²) >= 11 is 0. The van der Waals surface area contributed by atoms with Crippen molar-refractivity contribution in [2.75, 3.05) is 0 Å². The Morgan fingerprint density at radius 1 is 1.50 bits per heavy atom. The summed E-state index contributed by atoms with van der Waals surface area (Å²) in [5.74, 6) is 1.87. The Labute approximate surface area is 63.0 Å². The Kier molecular flexibility index (Phi) is 1.31. The molecule has 1 heteroatoms. The first-order valence-corrected chi connectivity index (χ1v) is 4.53. The second-order valence-corrected chi connectivity index (χ2v) is 4.17. The van der Waals surface area contributed by atoms with Gasteiger partial charge in [-0.3, -0.25) is 0 Å². The van der Waals surface area contributed by atoms with Crippen molar-refractivity contribution >= 4 is 0 Å². The number of rotatable bonds is 1. The number of nitrogens with two attached hydrogens (primary N) is 1. The molecule has 58 valence electrons. The number of fused-ring (bicyclic) bond motifs is 2. The third-order valence-corrected chi connectivity index (χ3v) is 3.68. The Bertz CT molecular complexity index is 144. The Balaban J connectivity index is 2.14. The maximum absolute atomic E-state index is 6.24. The number of hydrogen-bond acceptors (Lipinski definition) is 1. The predicted molar refractivity (Wildman–Crippen MR) is 42.7 cm³/mol. The van der Waals surface area contributed by atoms with Crippen LogP contribution in [0.2, 0.25) is 0 Å². The first-order valence-electron chi connectivity index (χ1n) is 4.53. The Morgan fingerprint density at radius 3 is 2.60 bits per heavy atom. The molecule has 0 radical (unpaired) electrons. The third kappa shape index (κ3) is 0.731. The second kappa shape index (κ2) is 1.97. The van der Waals surface area contributed by atoms with Crippen LogP contribution in [0.5, 0.6) is 0 Å². The van der Waals surface area contributed by atoms with Gasteiger partial charge in [0.2, 0.25) is 0 Å². The molecule has 10 heavy (non-hydrogen) atoms. The van der Waals surface area contributed by atoms with Gasteiger partial charge in [0, 0.05) is 5.54 Å². The molecule has 0 aromatic heterocycles. The minimum absolute atomic E-state index is 0.253. The van der Waals surface area contributed by atoms with E-state index >= 15 is 0 Å². The van der Waals surface area contributed by atoms with Crippen LogP contribution in [0.1, 0.15) is 39.0 Å². The van der Waals surface area contributed by atoms with Gasteiger partial charge in [-0.1, -0.05) is 13.3 Å². The van der Waals surface area contributed by atoms with Gasteiger partial charge in [0.15, 0.2) is 0 Å². The fourth-order valence-electron chi connectivity index (χ4n) is 2.92. The molecule has 2 aliphatic rings. The molecule has 0 heterocycles. The van der Waals surface area contributed by atoms with Gasteiger partial charge < -0.3 is 5.73 Å². The summed E-state index contributed by atoms with van der Waals surface area (Å²) < 4.78 is 0. The van der Waals surface area contributed by atoms with Gasteiger partial charge in [-0.05, 0) is 37.5 Å². The van der Waals surface area contributed by atoms with Crippen LogP contribution in [-0.4, -0.2) is 5.54 Å². The van der Waals surface area contributed by atoms with Crippen molar-refractivity contribution in [3.05, 3.63) is 0 Å². The van der Waals surface area contributed by atoms with E-state index < -0.39 is 0 Å². The van der Waals surface area contributed by atoms with E-state index in [-0.39, 0.29) is 5.54 Å². The van der Waals surface area contributed by atoms with Gasteiger partial charge in [0.1, 0.15) is 0 Å². The van der Waals surface area contributed by atoms with E-state index in [4.69, 9.17) is 5.73 Å². The minimum atomic E-state index is 0.253. The highest BCUT2D eigenvalue weighted by molar-refractivity contribution is 5.03. The highest BCUT2D eigenvalue weighted by Gasteiger charge is 2.46. The van der Waals surface area contributed by atoms with E-state index in [1.54, 1.807) is 0 Å². The highest BCUT2D eigenvalue weighted by atomic mass is 14.8. The van der Waals surface area contributed by atoms with Crippen LogP contribution in [0, 0.1) is 11.8 Å². The van der Waals surface area contributed by atoms with Gasteiger partial charge in [-0.2, -0.15) is 0 Å². The average molecular weight is 139 g/mol. The summed E-state index contributed by atoms with van der Waals surface area (Å²) in [5.41, 5.74) is 6.50. The second-order valence-electron chi connectivity index (χ2n) is 4.17. The lowest BCUT2D eigenvalue weighted by Crippen LogP contribution is -2.44. The van der Waals surface area contributed by atoms with Crippen molar-refractivity contribution in [3.63, 3.8) is 0 Å². The fourth-order valence-corrected chi connectivity index (χ4v) is 2.92. The van der Waals surface area contributed by atoms with Crippen LogP contribution >= 0.6 is 0 Å². The molecule has 2 rings (SSSR count). The number of hydrogen-bond donors (Lipinski definition) is 1. The molecule has 0 aromatic rings. The maximum atomic E-state index is 6.24. The molecule has 2 bridgehead atoms. The topological polar surface area (TPSA) is 26.0 Å². The standard InChI is InChI=1S/C9H17N/c1-2-9(10)6-7-3-4-8(9)5-7/h7-8H,2-6,10H2,1H3. The van der Waals surface area contributed by atoms with Crippen molar-refractivity contribution in [3.8, 4) is 0 Å². The Hall–Kier alpha value is -0.0400. The molecule has 0 aliphatic heterocycles. The largest absolute Gasteiger partial charge is 0.325 e. The molecule has 3 atom stereocenters. The van der Waals surface area contributed by atoms with Gasteiger partial charge in [-0.15, -0.1) is 0 Å². The lowest BCUT2D eigenvalue weighted by Gasteiger charge is -2.32. The quantitative estimate of drug-likeness (QED) is 0.590. The normalized spacial score (nSPS) is 52.2. The predicted octanol–water partition coefficient (Wildman–Crippen LogP) is 1.91. The molecule has 2 fully saturated rings. The molecular formula is C9H17N. The van der Waals surface area contributed by atoms with E-state index in [1.807, 2.05) is 0 Å². The average Bonchev–Trinajstić information content (AvgIpc) is 2.46. The molecule has 0 spiro atoms. The van der Waals surface area contributed by atoms with Crippen LogP contribution < -0.4 is 5.73 Å². The summed E-state index contributed by atoms with van der Waals surface area (Å²) in [6.45, 7) is 2.24. The first-order chi connectivity index (χ1) is 4.74. The summed E-state index contributed by atoms with van der Waals surface area (Å²) in [6, 6.07) is 0. The van der Waals surface area contributed by atoms with Crippen LogP contribution in [0.4, 0.5) is 0 Å². The van der Waals surface area contributed by atoms with Crippen molar-refractivity contribution in [2.24, 2.45) is 17.6 Å². The van der Waals surface area contributed by atoms with E-state index in [0.717, 1.165) is 11.8 Å². The van der Waals surface area contributed by atoms with Crippen LogP contribution in [0.15, 0.2) is 0 Å². The van der Waals surface area contributed by atoms with E-state index in [2.05, 4.69) is 6.92 Å². The van der Waals surface area contributed by atoms with Gasteiger partial charge in [-0.25, -0.2) is 0 Å². The smallest absolute Gasteiger partial charge is 0.0183 e. The molecule has 3 unspecified atom stereocenters. The van der Waals surface area contributed by atoms with Crippen molar-refractivity contribution < 1.29 is 0 Å². The van der Waals surface area contributed by atoms with Crippen molar-refractivity contribution in [1.29, 1.82) is 0 Å². The monoisotopic (exact) mass is 139 g/mol.